The summed E-state index contributed by atoms with van der Waals surface area (Å²) in [6.07, 6.45) is -0.266. The van der Waals surface area contributed by atoms with Crippen molar-refractivity contribution in [3.63, 3.8) is 0 Å². The molecular weight excluding hydrogens is 318 g/mol. The van der Waals surface area contributed by atoms with E-state index in [1.165, 1.54) is 0 Å². The van der Waals surface area contributed by atoms with Crippen LogP contribution in [0, 0.1) is 12.8 Å². The molecule has 7 heteroatoms. The summed E-state index contributed by atoms with van der Waals surface area (Å²) in [6, 6.07) is 5.02. The lowest BCUT2D eigenvalue weighted by atomic mass is 10.1. The normalized spacial score (nSPS) is 21.0. The zero-order chi connectivity index (χ0) is 17.1. The van der Waals surface area contributed by atoms with Crippen LogP contribution in [-0.2, 0) is 4.74 Å². The van der Waals surface area contributed by atoms with E-state index >= 15 is 0 Å². The lowest BCUT2D eigenvalue weighted by Gasteiger charge is -2.35. The van der Waals surface area contributed by atoms with Gasteiger partial charge in [-0.05, 0) is 37.3 Å². The van der Waals surface area contributed by atoms with E-state index in [0.29, 0.717) is 37.1 Å². The molecule has 132 valence electrons. The smallest absolute Gasteiger partial charge is 0.322 e. The maximum Gasteiger partial charge on any atom is 0.322 e. The van der Waals surface area contributed by atoms with E-state index < -0.39 is 13.0 Å². The molecule has 1 aromatic rings. The van der Waals surface area contributed by atoms with Crippen LogP contribution in [0.25, 0.3) is 0 Å². The number of nitrogens with one attached hydrogen (secondary N) is 1. The van der Waals surface area contributed by atoms with Crippen LogP contribution in [0.3, 0.4) is 0 Å². The monoisotopic (exact) mass is 340 g/mol. The SMILES string of the molecule is Cc1ccc(NC(=O)N2CCOC[C@H]2C2CC2)cc1OCC(F)F. The maximum absolute atomic E-state index is 12.6. The number of hydrogen-bond donors (Lipinski definition) is 1. The Labute approximate surface area is 139 Å². The summed E-state index contributed by atoms with van der Waals surface area (Å²) >= 11 is 0. The number of nitrogens with zero attached hydrogens (tertiary/aromatic N) is 1. The highest BCUT2D eigenvalue weighted by molar-refractivity contribution is 5.90. The van der Waals surface area contributed by atoms with Gasteiger partial charge in [0.25, 0.3) is 6.43 Å². The predicted molar refractivity (Wildman–Crippen MR) is 85.7 cm³/mol. The van der Waals surface area contributed by atoms with Gasteiger partial charge in [-0.3, -0.25) is 0 Å². The van der Waals surface area contributed by atoms with Crippen molar-refractivity contribution in [1.82, 2.24) is 4.90 Å². The summed E-state index contributed by atoms with van der Waals surface area (Å²) in [4.78, 5) is 14.4. The minimum Gasteiger partial charge on any atom is -0.487 e. The third kappa shape index (κ3) is 4.14. The van der Waals surface area contributed by atoms with Gasteiger partial charge in [-0.15, -0.1) is 0 Å². The molecule has 0 bridgehead atoms. The van der Waals surface area contributed by atoms with Gasteiger partial charge in [0.15, 0.2) is 0 Å². The Hall–Kier alpha value is -1.89. The maximum atomic E-state index is 12.6. The number of halogens is 2. The van der Waals surface area contributed by atoms with Crippen molar-refractivity contribution in [2.45, 2.75) is 32.2 Å². The summed E-state index contributed by atoms with van der Waals surface area (Å²) in [6.45, 7) is 2.79. The minimum absolute atomic E-state index is 0.124. The number of aryl methyl sites for hydroxylation is 1. The van der Waals surface area contributed by atoms with Crippen molar-refractivity contribution in [3.05, 3.63) is 23.8 Å². The molecule has 0 radical (unpaired) electrons. The number of ether oxygens (including phenoxy) is 2. The molecule has 0 unspecified atom stereocenters. The summed E-state index contributed by atoms with van der Waals surface area (Å²) in [7, 11) is 0. The summed E-state index contributed by atoms with van der Waals surface area (Å²) < 4.78 is 35.2. The summed E-state index contributed by atoms with van der Waals surface area (Å²) in [5.74, 6) is 0.882. The first-order valence-corrected chi connectivity index (χ1v) is 8.21. The number of benzene rings is 1. The molecular formula is C17H22F2N2O3. The van der Waals surface area contributed by atoms with Crippen molar-refractivity contribution in [2.24, 2.45) is 5.92 Å². The summed E-state index contributed by atoms with van der Waals surface area (Å²) in [5, 5.41) is 2.84. The molecule has 1 N–H and O–H groups in total. The third-order valence-corrected chi connectivity index (χ3v) is 4.40. The molecule has 1 aromatic carbocycles. The predicted octanol–water partition coefficient (Wildman–Crippen LogP) is 3.28. The molecule has 1 aliphatic carbocycles. The second kappa shape index (κ2) is 7.34. The van der Waals surface area contributed by atoms with E-state index in [4.69, 9.17) is 9.47 Å². The van der Waals surface area contributed by atoms with Crippen molar-refractivity contribution in [3.8, 4) is 5.75 Å². The molecule has 24 heavy (non-hydrogen) atoms. The average molecular weight is 340 g/mol. The Morgan fingerprint density at radius 1 is 1.46 bits per heavy atom. The second-order valence-corrected chi connectivity index (χ2v) is 6.29. The number of hydrogen-bond acceptors (Lipinski definition) is 3. The van der Waals surface area contributed by atoms with Gasteiger partial charge in [-0.1, -0.05) is 6.07 Å². The molecule has 2 amide bonds. The van der Waals surface area contributed by atoms with Gasteiger partial charge in [-0.25, -0.2) is 13.6 Å². The number of carbonyl (C=O) groups excluding carboxylic acids is 1. The van der Waals surface area contributed by atoms with E-state index in [0.717, 1.165) is 18.4 Å². The molecule has 2 aliphatic rings. The van der Waals surface area contributed by atoms with Gasteiger partial charge in [0, 0.05) is 18.3 Å². The van der Waals surface area contributed by atoms with Crippen molar-refractivity contribution in [1.29, 1.82) is 0 Å². The molecule has 0 aromatic heterocycles. The molecule has 1 aliphatic heterocycles. The fraction of sp³-hybridized carbons (Fsp3) is 0.588. The fourth-order valence-electron chi connectivity index (χ4n) is 2.93. The Bertz CT molecular complexity index is 593. The van der Waals surface area contributed by atoms with Gasteiger partial charge >= 0.3 is 6.03 Å². The highest BCUT2D eigenvalue weighted by Crippen LogP contribution is 2.36. The third-order valence-electron chi connectivity index (χ3n) is 4.40. The topological polar surface area (TPSA) is 50.8 Å². The number of alkyl halides is 2. The van der Waals surface area contributed by atoms with E-state index in [2.05, 4.69) is 5.32 Å². The van der Waals surface area contributed by atoms with Gasteiger partial charge in [-0.2, -0.15) is 0 Å². The molecule has 3 rings (SSSR count). The van der Waals surface area contributed by atoms with E-state index in [1.54, 1.807) is 25.1 Å². The number of anilines is 1. The summed E-state index contributed by atoms with van der Waals surface area (Å²) in [5.41, 5.74) is 1.28. The first-order valence-electron chi connectivity index (χ1n) is 8.21. The number of urea groups is 1. The fourth-order valence-corrected chi connectivity index (χ4v) is 2.93. The minimum atomic E-state index is -2.53. The molecule has 2 fully saturated rings. The average Bonchev–Trinajstić information content (AvgIpc) is 3.40. The Morgan fingerprint density at radius 2 is 2.25 bits per heavy atom. The van der Waals surface area contributed by atoms with Crippen molar-refractivity contribution >= 4 is 11.7 Å². The second-order valence-electron chi connectivity index (χ2n) is 6.29. The highest BCUT2D eigenvalue weighted by atomic mass is 19.3. The lowest BCUT2D eigenvalue weighted by molar-refractivity contribution is 0.00772. The zero-order valence-corrected chi connectivity index (χ0v) is 13.6. The van der Waals surface area contributed by atoms with E-state index in [-0.39, 0.29) is 12.1 Å². The van der Waals surface area contributed by atoms with Crippen LogP contribution >= 0.6 is 0 Å². The highest BCUT2D eigenvalue weighted by Gasteiger charge is 2.39. The van der Waals surface area contributed by atoms with Crippen LogP contribution in [0.1, 0.15) is 18.4 Å². The molecule has 1 saturated carbocycles. The van der Waals surface area contributed by atoms with Crippen LogP contribution in [0.2, 0.25) is 0 Å². The Balaban J connectivity index is 1.65. The first-order chi connectivity index (χ1) is 11.5. The zero-order valence-electron chi connectivity index (χ0n) is 13.6. The molecule has 5 nitrogen and oxygen atoms in total. The molecule has 1 atom stereocenters. The van der Waals surface area contributed by atoms with Crippen LogP contribution in [0.4, 0.5) is 19.3 Å². The molecule has 1 saturated heterocycles. The van der Waals surface area contributed by atoms with Gasteiger partial charge < -0.3 is 19.7 Å². The lowest BCUT2D eigenvalue weighted by Crippen LogP contribution is -2.51. The number of rotatable bonds is 5. The van der Waals surface area contributed by atoms with Gasteiger partial charge in [0.1, 0.15) is 12.4 Å². The van der Waals surface area contributed by atoms with Crippen molar-refractivity contribution in [2.75, 3.05) is 31.7 Å². The number of carbonyl (C=O) groups is 1. The Kier molecular flexibility index (Phi) is 5.18. The number of morpholine rings is 1. The van der Waals surface area contributed by atoms with Crippen LogP contribution in [0.15, 0.2) is 18.2 Å². The van der Waals surface area contributed by atoms with Gasteiger partial charge in [0.05, 0.1) is 19.3 Å². The largest absolute Gasteiger partial charge is 0.487 e. The van der Waals surface area contributed by atoms with Crippen molar-refractivity contribution < 1.29 is 23.0 Å². The van der Waals surface area contributed by atoms with Crippen LogP contribution in [0.5, 0.6) is 5.75 Å². The van der Waals surface area contributed by atoms with Gasteiger partial charge in [0.2, 0.25) is 0 Å². The van der Waals surface area contributed by atoms with Crippen LogP contribution < -0.4 is 10.1 Å². The quantitative estimate of drug-likeness (QED) is 0.895. The van der Waals surface area contributed by atoms with E-state index in [9.17, 15) is 13.6 Å². The molecule has 1 heterocycles. The van der Waals surface area contributed by atoms with Crippen LogP contribution in [-0.4, -0.2) is 49.8 Å². The number of amides is 2. The Morgan fingerprint density at radius 3 is 2.96 bits per heavy atom. The standard InChI is InChI=1S/C17H22F2N2O3/c1-11-2-5-13(8-15(11)24-10-16(18)19)20-17(22)21-6-7-23-9-14(21)12-3-4-12/h2,5,8,12,14,16H,3-4,6-7,9-10H2,1H3,(H,20,22)/t14-/m0/s1. The first kappa shape index (κ1) is 17.0. The van der Waals surface area contributed by atoms with E-state index in [1.807, 2.05) is 4.90 Å². The molecule has 0 spiro atoms.